The number of para-hydroxylation sites is 2. The van der Waals surface area contributed by atoms with Crippen LogP contribution in [0.3, 0.4) is 0 Å². The van der Waals surface area contributed by atoms with Crippen LogP contribution in [0.25, 0.3) is 10.9 Å². The molecule has 244 valence electrons. The van der Waals surface area contributed by atoms with Crippen molar-refractivity contribution >= 4 is 45.5 Å². The quantitative estimate of drug-likeness (QED) is 0.140. The van der Waals surface area contributed by atoms with Gasteiger partial charge in [0.05, 0.1) is 22.5 Å². The first-order valence-corrected chi connectivity index (χ1v) is 16.7. The molecule has 5 aromatic rings. The molecule has 6 heteroatoms. The molecule has 0 saturated heterocycles. The molecule has 1 heterocycles. The van der Waals surface area contributed by atoms with Gasteiger partial charge in [-0.15, -0.1) is 0 Å². The van der Waals surface area contributed by atoms with Gasteiger partial charge in [-0.25, -0.2) is 0 Å². The van der Waals surface area contributed by atoms with Crippen LogP contribution in [-0.2, 0) is 24.1 Å². The van der Waals surface area contributed by atoms with Crippen molar-refractivity contribution in [3.8, 4) is 0 Å². The van der Waals surface area contributed by atoms with E-state index >= 15 is 0 Å². The number of aliphatic carboxylic acids is 1. The molecule has 0 saturated carbocycles. The number of fused-ring (bicyclic) bond motifs is 1. The molecule has 47 heavy (non-hydrogen) atoms. The van der Waals surface area contributed by atoms with Gasteiger partial charge in [-0.05, 0) is 96.7 Å². The fourth-order valence-electron chi connectivity index (χ4n) is 6.43. The molecular weight excluding hydrogens is 582 g/mol. The van der Waals surface area contributed by atoms with Crippen molar-refractivity contribution in [3.05, 3.63) is 119 Å². The summed E-state index contributed by atoms with van der Waals surface area (Å²) in [7, 11) is 4.08. The van der Waals surface area contributed by atoms with Crippen molar-refractivity contribution in [2.45, 2.75) is 59.8 Å². The number of nitrogens with zero attached hydrogens (tertiary/aromatic N) is 3. The van der Waals surface area contributed by atoms with E-state index in [1.54, 1.807) is 4.57 Å². The normalized spacial score (nSPS) is 11.4. The Bertz CT molecular complexity index is 1830. The van der Waals surface area contributed by atoms with E-state index in [0.29, 0.717) is 30.2 Å². The van der Waals surface area contributed by atoms with Gasteiger partial charge in [-0.3, -0.25) is 14.2 Å². The van der Waals surface area contributed by atoms with Gasteiger partial charge in [0, 0.05) is 43.5 Å². The predicted octanol–water partition coefficient (Wildman–Crippen LogP) is 9.67. The lowest BCUT2D eigenvalue weighted by atomic mass is 10.0. The maximum Gasteiger partial charge on any atom is 0.303 e. The first kappa shape index (κ1) is 33.5. The number of aryl methyl sites for hydroxylation is 1. The summed E-state index contributed by atoms with van der Waals surface area (Å²) in [5.41, 5.74) is 8.72. The SMILES string of the molecule is CC(C)Cc1ccc(N(C)c2cccc(C(=O)n3cc(CCCC(=O)O)c4ccccc43)c2N(C)c2ccc(CC(C)C)cc2)cc1. The Labute approximate surface area is 279 Å². The van der Waals surface area contributed by atoms with Crippen molar-refractivity contribution in [3.63, 3.8) is 0 Å². The number of carboxylic acid groups (broad SMARTS) is 1. The number of carboxylic acids is 1. The molecule has 0 atom stereocenters. The van der Waals surface area contributed by atoms with Crippen LogP contribution in [0, 0.1) is 11.8 Å². The number of anilines is 4. The van der Waals surface area contributed by atoms with Gasteiger partial charge in [0.25, 0.3) is 5.91 Å². The molecule has 0 radical (unpaired) electrons. The third-order valence-electron chi connectivity index (χ3n) is 8.73. The summed E-state index contributed by atoms with van der Waals surface area (Å²) < 4.78 is 1.73. The second-order valence-corrected chi connectivity index (χ2v) is 13.4. The van der Waals surface area contributed by atoms with Gasteiger partial charge in [0.2, 0.25) is 0 Å². The van der Waals surface area contributed by atoms with Crippen molar-refractivity contribution < 1.29 is 14.7 Å². The zero-order valence-electron chi connectivity index (χ0n) is 28.5. The second kappa shape index (κ2) is 14.7. The van der Waals surface area contributed by atoms with Crippen molar-refractivity contribution in [2.24, 2.45) is 11.8 Å². The minimum absolute atomic E-state index is 0.0885. The summed E-state index contributed by atoms with van der Waals surface area (Å²) in [6, 6.07) is 31.1. The molecular formula is C41H47N3O3. The molecule has 4 aromatic carbocycles. The lowest BCUT2D eigenvalue weighted by Crippen LogP contribution is -2.22. The highest BCUT2D eigenvalue weighted by atomic mass is 16.4. The van der Waals surface area contributed by atoms with Crippen molar-refractivity contribution in [1.82, 2.24) is 4.57 Å². The van der Waals surface area contributed by atoms with Crippen LogP contribution < -0.4 is 9.80 Å². The molecule has 1 N–H and O–H groups in total. The van der Waals surface area contributed by atoms with E-state index in [2.05, 4.69) is 99.1 Å². The van der Waals surface area contributed by atoms with E-state index in [0.717, 1.165) is 52.1 Å². The van der Waals surface area contributed by atoms with Gasteiger partial charge in [0.15, 0.2) is 0 Å². The highest BCUT2D eigenvalue weighted by Gasteiger charge is 2.25. The van der Waals surface area contributed by atoms with Crippen LogP contribution in [0.2, 0.25) is 0 Å². The number of benzene rings is 4. The van der Waals surface area contributed by atoms with Crippen LogP contribution in [0.1, 0.15) is 67.6 Å². The minimum Gasteiger partial charge on any atom is -0.481 e. The molecule has 0 aliphatic heterocycles. The summed E-state index contributed by atoms with van der Waals surface area (Å²) in [4.78, 5) is 30.2. The summed E-state index contributed by atoms with van der Waals surface area (Å²) in [5.74, 6) is 0.196. The average Bonchev–Trinajstić information content (AvgIpc) is 3.42. The number of aromatic nitrogens is 1. The summed E-state index contributed by atoms with van der Waals surface area (Å²) in [6.45, 7) is 8.91. The van der Waals surface area contributed by atoms with E-state index < -0.39 is 5.97 Å². The fraction of sp³-hybridized carbons (Fsp3) is 0.317. The molecule has 0 unspecified atom stereocenters. The zero-order chi connectivity index (χ0) is 33.7. The van der Waals surface area contributed by atoms with Crippen LogP contribution >= 0.6 is 0 Å². The molecule has 1 aromatic heterocycles. The second-order valence-electron chi connectivity index (χ2n) is 13.4. The Morgan fingerprint density at radius 3 is 1.87 bits per heavy atom. The highest BCUT2D eigenvalue weighted by molar-refractivity contribution is 6.09. The summed E-state index contributed by atoms with van der Waals surface area (Å²) >= 11 is 0. The highest BCUT2D eigenvalue weighted by Crippen LogP contribution is 2.40. The van der Waals surface area contributed by atoms with Gasteiger partial charge in [-0.1, -0.05) is 76.2 Å². The van der Waals surface area contributed by atoms with E-state index in [4.69, 9.17) is 0 Å². The first-order valence-electron chi connectivity index (χ1n) is 16.7. The molecule has 0 bridgehead atoms. The van der Waals surface area contributed by atoms with Crippen LogP contribution in [0.5, 0.6) is 0 Å². The fourth-order valence-corrected chi connectivity index (χ4v) is 6.43. The molecule has 0 aliphatic rings. The minimum atomic E-state index is -0.815. The molecule has 0 amide bonds. The smallest absolute Gasteiger partial charge is 0.303 e. The molecule has 5 rings (SSSR count). The molecule has 0 aliphatic carbocycles. The Morgan fingerprint density at radius 1 is 0.723 bits per heavy atom. The molecule has 0 fully saturated rings. The van der Waals surface area contributed by atoms with E-state index in [-0.39, 0.29) is 12.3 Å². The van der Waals surface area contributed by atoms with Gasteiger partial charge in [0.1, 0.15) is 0 Å². The predicted molar refractivity (Wildman–Crippen MR) is 195 cm³/mol. The van der Waals surface area contributed by atoms with E-state index in [9.17, 15) is 14.7 Å². The Hall–Kier alpha value is -4.84. The Morgan fingerprint density at radius 2 is 1.30 bits per heavy atom. The van der Waals surface area contributed by atoms with Crippen molar-refractivity contribution in [1.29, 1.82) is 0 Å². The van der Waals surface area contributed by atoms with Crippen LogP contribution in [0.4, 0.5) is 22.7 Å². The molecule has 0 spiro atoms. The third-order valence-corrected chi connectivity index (χ3v) is 8.73. The van der Waals surface area contributed by atoms with E-state index in [1.807, 2.05) is 49.6 Å². The maximum atomic E-state index is 14.7. The average molecular weight is 630 g/mol. The number of hydrogen-bond donors (Lipinski definition) is 1. The standard InChI is InChI=1S/C41H47N3O3/c1-28(2)25-30-17-21-33(22-18-30)42(5)38-15-10-13-36(40(38)43(6)34-23-19-31(20-24-34)26-29(3)4)41(47)44-27-32(11-9-16-39(45)46)35-12-7-8-14-37(35)44/h7-8,10,12-15,17-24,27-29H,9,11,16,25-26H2,1-6H3,(H,45,46). The zero-order valence-corrected chi connectivity index (χ0v) is 28.5. The first-order chi connectivity index (χ1) is 22.5. The largest absolute Gasteiger partial charge is 0.481 e. The number of rotatable bonds is 13. The Kier molecular flexibility index (Phi) is 10.5. The van der Waals surface area contributed by atoms with Gasteiger partial charge in [-0.2, -0.15) is 0 Å². The topological polar surface area (TPSA) is 65.8 Å². The van der Waals surface area contributed by atoms with Gasteiger partial charge >= 0.3 is 5.97 Å². The van der Waals surface area contributed by atoms with E-state index in [1.165, 1.54) is 11.1 Å². The number of carbonyl (C=O) groups is 2. The van der Waals surface area contributed by atoms with Gasteiger partial charge < -0.3 is 14.9 Å². The van der Waals surface area contributed by atoms with Crippen LogP contribution in [-0.4, -0.2) is 35.6 Å². The summed E-state index contributed by atoms with van der Waals surface area (Å²) in [5, 5.41) is 10.2. The molecule has 6 nitrogen and oxygen atoms in total. The maximum absolute atomic E-state index is 14.7. The lowest BCUT2D eigenvalue weighted by Gasteiger charge is -2.30. The lowest BCUT2D eigenvalue weighted by molar-refractivity contribution is -0.137. The summed E-state index contributed by atoms with van der Waals surface area (Å²) in [6.07, 6.45) is 5.11. The third kappa shape index (κ3) is 7.76. The monoisotopic (exact) mass is 629 g/mol. The Balaban J connectivity index is 1.61. The number of carbonyl (C=O) groups excluding carboxylic acids is 1. The van der Waals surface area contributed by atoms with Crippen molar-refractivity contribution in [2.75, 3.05) is 23.9 Å². The number of hydrogen-bond acceptors (Lipinski definition) is 4. The van der Waals surface area contributed by atoms with Crippen LogP contribution in [0.15, 0.2) is 97.2 Å².